The maximum absolute atomic E-state index is 12.5. The van der Waals surface area contributed by atoms with Gasteiger partial charge in [0, 0.05) is 17.3 Å². The molecule has 1 fully saturated rings. The van der Waals surface area contributed by atoms with E-state index in [1.165, 1.54) is 0 Å². The number of hydrogen-bond acceptors (Lipinski definition) is 3. The van der Waals surface area contributed by atoms with Crippen LogP contribution in [0.3, 0.4) is 0 Å². The number of nitrogens with two attached hydrogens (primary N) is 1. The standard InChI is InChI=1S/C17H21N3O/c1-12-4-2-8-17(18,11-12)16(21)20-14-6-7-15-13(10-14)5-3-9-19-15/h3,5-7,9-10,12H,2,4,8,11,18H2,1H3,(H,20,21). The van der Waals surface area contributed by atoms with Gasteiger partial charge in [0.2, 0.25) is 5.91 Å². The highest BCUT2D eigenvalue weighted by molar-refractivity contribution is 5.99. The topological polar surface area (TPSA) is 68.0 Å². The Morgan fingerprint density at radius 2 is 2.29 bits per heavy atom. The SMILES string of the molecule is CC1CCCC(N)(C(=O)Nc2ccc3ncccc3c2)C1. The summed E-state index contributed by atoms with van der Waals surface area (Å²) in [5, 5.41) is 3.99. The molecule has 3 N–H and O–H groups in total. The van der Waals surface area contributed by atoms with E-state index in [1.807, 2.05) is 30.3 Å². The van der Waals surface area contributed by atoms with Gasteiger partial charge in [-0.05, 0) is 43.0 Å². The molecule has 2 unspecified atom stereocenters. The zero-order chi connectivity index (χ0) is 14.9. The van der Waals surface area contributed by atoms with E-state index in [-0.39, 0.29) is 5.91 Å². The second kappa shape index (κ2) is 5.45. The van der Waals surface area contributed by atoms with Crippen molar-refractivity contribution in [2.45, 2.75) is 38.1 Å². The first kappa shape index (κ1) is 14.0. The van der Waals surface area contributed by atoms with Crippen molar-refractivity contribution in [1.82, 2.24) is 4.98 Å². The summed E-state index contributed by atoms with van der Waals surface area (Å²) in [4.78, 5) is 16.8. The van der Waals surface area contributed by atoms with Crippen LogP contribution >= 0.6 is 0 Å². The van der Waals surface area contributed by atoms with Gasteiger partial charge in [0.15, 0.2) is 0 Å². The van der Waals surface area contributed by atoms with Crippen molar-refractivity contribution in [3.05, 3.63) is 36.5 Å². The summed E-state index contributed by atoms with van der Waals surface area (Å²) in [6.45, 7) is 2.16. The fourth-order valence-corrected chi connectivity index (χ4v) is 3.21. The van der Waals surface area contributed by atoms with Crippen molar-refractivity contribution in [1.29, 1.82) is 0 Å². The number of rotatable bonds is 2. The predicted molar refractivity (Wildman–Crippen MR) is 84.9 cm³/mol. The van der Waals surface area contributed by atoms with Crippen LogP contribution in [0.5, 0.6) is 0 Å². The van der Waals surface area contributed by atoms with E-state index in [0.717, 1.165) is 42.3 Å². The monoisotopic (exact) mass is 283 g/mol. The predicted octanol–water partition coefficient (Wildman–Crippen LogP) is 3.08. The third-order valence-electron chi connectivity index (χ3n) is 4.35. The fourth-order valence-electron chi connectivity index (χ4n) is 3.21. The van der Waals surface area contributed by atoms with Crippen LogP contribution in [0.4, 0.5) is 5.69 Å². The van der Waals surface area contributed by atoms with Gasteiger partial charge in [-0.3, -0.25) is 9.78 Å². The molecule has 3 rings (SSSR count). The maximum atomic E-state index is 12.5. The molecule has 110 valence electrons. The zero-order valence-electron chi connectivity index (χ0n) is 12.3. The Bertz CT molecular complexity index is 670. The van der Waals surface area contributed by atoms with Crippen LogP contribution < -0.4 is 11.1 Å². The van der Waals surface area contributed by atoms with Crippen molar-refractivity contribution in [3.8, 4) is 0 Å². The number of benzene rings is 1. The number of amides is 1. The lowest BCUT2D eigenvalue weighted by Gasteiger charge is -2.35. The normalized spacial score (nSPS) is 25.7. The minimum atomic E-state index is -0.735. The van der Waals surface area contributed by atoms with E-state index in [0.29, 0.717) is 5.92 Å². The number of carbonyl (C=O) groups is 1. The molecule has 0 saturated heterocycles. The van der Waals surface area contributed by atoms with Crippen molar-refractivity contribution in [2.75, 3.05) is 5.32 Å². The number of pyridine rings is 1. The van der Waals surface area contributed by atoms with E-state index in [4.69, 9.17) is 5.73 Å². The number of hydrogen-bond donors (Lipinski definition) is 2. The van der Waals surface area contributed by atoms with Gasteiger partial charge in [0.05, 0.1) is 11.1 Å². The first-order valence-electron chi connectivity index (χ1n) is 7.52. The van der Waals surface area contributed by atoms with E-state index in [9.17, 15) is 4.79 Å². The highest BCUT2D eigenvalue weighted by Gasteiger charge is 2.37. The third-order valence-corrected chi connectivity index (χ3v) is 4.35. The first-order chi connectivity index (χ1) is 10.1. The van der Waals surface area contributed by atoms with Crippen LogP contribution in [0.15, 0.2) is 36.5 Å². The number of anilines is 1. The van der Waals surface area contributed by atoms with Crippen LogP contribution in [0, 0.1) is 5.92 Å². The smallest absolute Gasteiger partial charge is 0.244 e. The number of carbonyl (C=O) groups excluding carboxylic acids is 1. The highest BCUT2D eigenvalue weighted by atomic mass is 16.2. The molecule has 1 aliphatic rings. The summed E-state index contributed by atoms with van der Waals surface area (Å²) >= 11 is 0. The van der Waals surface area contributed by atoms with Gasteiger partial charge in [-0.1, -0.05) is 25.8 Å². The van der Waals surface area contributed by atoms with Crippen LogP contribution in [0.2, 0.25) is 0 Å². The average molecular weight is 283 g/mol. The lowest BCUT2D eigenvalue weighted by molar-refractivity contribution is -0.122. The van der Waals surface area contributed by atoms with E-state index >= 15 is 0 Å². The fraction of sp³-hybridized carbons (Fsp3) is 0.412. The van der Waals surface area contributed by atoms with Gasteiger partial charge in [-0.25, -0.2) is 0 Å². The Morgan fingerprint density at radius 3 is 3.10 bits per heavy atom. The van der Waals surface area contributed by atoms with Crippen molar-refractivity contribution < 1.29 is 4.79 Å². The van der Waals surface area contributed by atoms with Gasteiger partial charge >= 0.3 is 0 Å². The Balaban J connectivity index is 1.79. The molecule has 1 aromatic carbocycles. The molecule has 1 aromatic heterocycles. The van der Waals surface area contributed by atoms with Crippen molar-refractivity contribution >= 4 is 22.5 Å². The molecule has 2 atom stereocenters. The van der Waals surface area contributed by atoms with Gasteiger partial charge in [0.1, 0.15) is 0 Å². The second-order valence-electron chi connectivity index (χ2n) is 6.22. The molecule has 0 spiro atoms. The summed E-state index contributed by atoms with van der Waals surface area (Å²) in [7, 11) is 0. The Morgan fingerprint density at radius 1 is 1.43 bits per heavy atom. The van der Waals surface area contributed by atoms with Crippen molar-refractivity contribution in [2.24, 2.45) is 11.7 Å². The van der Waals surface area contributed by atoms with Crippen LogP contribution in [-0.4, -0.2) is 16.4 Å². The third kappa shape index (κ3) is 2.90. The molecule has 2 aromatic rings. The molecular weight excluding hydrogens is 262 g/mol. The largest absolute Gasteiger partial charge is 0.324 e. The average Bonchev–Trinajstić information content (AvgIpc) is 2.47. The van der Waals surface area contributed by atoms with Crippen LogP contribution in [0.1, 0.15) is 32.6 Å². The van der Waals surface area contributed by atoms with Crippen LogP contribution in [-0.2, 0) is 4.79 Å². The van der Waals surface area contributed by atoms with Gasteiger partial charge < -0.3 is 11.1 Å². The summed E-state index contributed by atoms with van der Waals surface area (Å²) < 4.78 is 0. The quantitative estimate of drug-likeness (QED) is 0.890. The molecule has 0 bridgehead atoms. The molecular formula is C17H21N3O. The van der Waals surface area contributed by atoms with Gasteiger partial charge in [-0.15, -0.1) is 0 Å². The molecule has 0 aliphatic heterocycles. The van der Waals surface area contributed by atoms with Gasteiger partial charge in [0.25, 0.3) is 0 Å². The molecule has 4 nitrogen and oxygen atoms in total. The highest BCUT2D eigenvalue weighted by Crippen LogP contribution is 2.31. The molecule has 1 heterocycles. The number of nitrogens with zero attached hydrogens (tertiary/aromatic N) is 1. The maximum Gasteiger partial charge on any atom is 0.244 e. The van der Waals surface area contributed by atoms with Crippen LogP contribution in [0.25, 0.3) is 10.9 Å². The Kier molecular flexibility index (Phi) is 3.64. The Hall–Kier alpha value is -1.94. The van der Waals surface area contributed by atoms with E-state index in [1.54, 1.807) is 6.20 Å². The molecule has 1 saturated carbocycles. The second-order valence-corrected chi connectivity index (χ2v) is 6.22. The minimum Gasteiger partial charge on any atom is -0.324 e. The minimum absolute atomic E-state index is 0.0720. The summed E-state index contributed by atoms with van der Waals surface area (Å²) in [6, 6.07) is 9.61. The van der Waals surface area contributed by atoms with E-state index in [2.05, 4.69) is 17.2 Å². The molecule has 21 heavy (non-hydrogen) atoms. The number of fused-ring (bicyclic) bond motifs is 1. The number of nitrogens with one attached hydrogen (secondary N) is 1. The first-order valence-corrected chi connectivity index (χ1v) is 7.52. The molecule has 1 aliphatic carbocycles. The summed E-state index contributed by atoms with van der Waals surface area (Å²) in [5.74, 6) is 0.438. The molecule has 1 amide bonds. The number of aromatic nitrogens is 1. The summed E-state index contributed by atoms with van der Waals surface area (Å²) in [6.07, 6.45) is 5.46. The summed E-state index contributed by atoms with van der Waals surface area (Å²) in [5.41, 5.74) is 7.30. The lowest BCUT2D eigenvalue weighted by Crippen LogP contribution is -2.53. The molecule has 4 heteroatoms. The zero-order valence-corrected chi connectivity index (χ0v) is 12.3. The Labute approximate surface area is 124 Å². The van der Waals surface area contributed by atoms with Crippen molar-refractivity contribution in [3.63, 3.8) is 0 Å². The lowest BCUT2D eigenvalue weighted by atomic mass is 9.76. The van der Waals surface area contributed by atoms with Gasteiger partial charge in [-0.2, -0.15) is 0 Å². The van der Waals surface area contributed by atoms with E-state index < -0.39 is 5.54 Å². The molecule has 0 radical (unpaired) electrons.